The quantitative estimate of drug-likeness (QED) is 0.831. The molecule has 1 unspecified atom stereocenters. The van der Waals surface area contributed by atoms with Crippen molar-refractivity contribution < 1.29 is 19.4 Å². The van der Waals surface area contributed by atoms with Crippen LogP contribution in [-0.2, 0) is 22.6 Å². The van der Waals surface area contributed by atoms with Crippen molar-refractivity contribution in [3.63, 3.8) is 0 Å². The summed E-state index contributed by atoms with van der Waals surface area (Å²) in [5.41, 5.74) is 2.13. The third-order valence-corrected chi connectivity index (χ3v) is 3.29. The Kier molecular flexibility index (Phi) is 3.74. The third-order valence-electron chi connectivity index (χ3n) is 3.29. The van der Waals surface area contributed by atoms with Gasteiger partial charge in [0.1, 0.15) is 11.7 Å². The zero-order chi connectivity index (χ0) is 14.0. The molecule has 0 saturated heterocycles. The number of fused-ring (bicyclic) bond motifs is 1. The van der Waals surface area contributed by atoms with Gasteiger partial charge in [0.05, 0.1) is 6.61 Å². The number of hydrogen-bond acceptors (Lipinski definition) is 3. The lowest BCUT2D eigenvalue weighted by Gasteiger charge is -2.19. The molecule has 0 fully saturated rings. The summed E-state index contributed by atoms with van der Waals surface area (Å²) in [6, 6.07) is 5.81. The minimum absolute atomic E-state index is 0.385. The normalized spacial score (nSPS) is 14.4. The molecule has 0 bridgehead atoms. The van der Waals surface area contributed by atoms with Gasteiger partial charge < -0.3 is 14.7 Å². The third kappa shape index (κ3) is 2.86. The van der Waals surface area contributed by atoms with E-state index in [4.69, 9.17) is 9.84 Å². The van der Waals surface area contributed by atoms with Gasteiger partial charge in [-0.1, -0.05) is 12.1 Å². The number of nitrogens with zero attached hydrogens (tertiary/aromatic N) is 1. The van der Waals surface area contributed by atoms with Crippen molar-refractivity contribution in [2.75, 3.05) is 13.7 Å². The number of carbonyl (C=O) groups is 2. The van der Waals surface area contributed by atoms with Gasteiger partial charge in [-0.25, -0.2) is 0 Å². The van der Waals surface area contributed by atoms with Crippen molar-refractivity contribution in [3.8, 4) is 5.75 Å². The number of carbonyl (C=O) groups excluding carboxylic acids is 1. The first-order valence-corrected chi connectivity index (χ1v) is 6.21. The summed E-state index contributed by atoms with van der Waals surface area (Å²) in [5.74, 6) is -1.59. The molecule has 19 heavy (non-hydrogen) atoms. The SMILES string of the molecule is CC(C(=O)O)C(=O)N(C)Cc1ccc2c(c1)CCO2. The summed E-state index contributed by atoms with van der Waals surface area (Å²) >= 11 is 0. The Morgan fingerprint density at radius 3 is 2.89 bits per heavy atom. The second-order valence-corrected chi connectivity index (χ2v) is 4.79. The molecule has 1 heterocycles. The number of carboxylic acid groups (broad SMARTS) is 1. The number of carboxylic acids is 1. The molecule has 102 valence electrons. The Labute approximate surface area is 111 Å². The highest BCUT2D eigenvalue weighted by atomic mass is 16.5. The highest BCUT2D eigenvalue weighted by Gasteiger charge is 2.24. The number of amides is 1. The first-order chi connectivity index (χ1) is 8.99. The van der Waals surface area contributed by atoms with Gasteiger partial charge in [-0.3, -0.25) is 9.59 Å². The molecule has 1 aromatic carbocycles. The maximum Gasteiger partial charge on any atom is 0.315 e. The minimum atomic E-state index is -1.10. The van der Waals surface area contributed by atoms with E-state index in [2.05, 4.69) is 0 Å². The fourth-order valence-corrected chi connectivity index (χ4v) is 2.13. The van der Waals surface area contributed by atoms with E-state index in [1.807, 2.05) is 18.2 Å². The van der Waals surface area contributed by atoms with Crippen LogP contribution in [0, 0.1) is 5.92 Å². The molecule has 5 nitrogen and oxygen atoms in total. The predicted molar refractivity (Wildman–Crippen MR) is 68.9 cm³/mol. The first-order valence-electron chi connectivity index (χ1n) is 6.21. The zero-order valence-corrected chi connectivity index (χ0v) is 11.0. The average Bonchev–Trinajstić information content (AvgIpc) is 2.84. The van der Waals surface area contributed by atoms with Crippen molar-refractivity contribution >= 4 is 11.9 Å². The van der Waals surface area contributed by atoms with Crippen LogP contribution in [0.15, 0.2) is 18.2 Å². The number of rotatable bonds is 4. The van der Waals surface area contributed by atoms with Gasteiger partial charge in [0, 0.05) is 20.0 Å². The van der Waals surface area contributed by atoms with Crippen molar-refractivity contribution in [1.82, 2.24) is 4.90 Å². The maximum absolute atomic E-state index is 11.8. The van der Waals surface area contributed by atoms with E-state index in [1.54, 1.807) is 7.05 Å². The van der Waals surface area contributed by atoms with Gasteiger partial charge in [-0.15, -0.1) is 0 Å². The lowest BCUT2D eigenvalue weighted by Crippen LogP contribution is -2.34. The summed E-state index contributed by atoms with van der Waals surface area (Å²) in [5, 5.41) is 8.83. The Morgan fingerprint density at radius 1 is 1.47 bits per heavy atom. The second-order valence-electron chi connectivity index (χ2n) is 4.79. The largest absolute Gasteiger partial charge is 0.493 e. The van der Waals surface area contributed by atoms with Gasteiger partial charge in [0.25, 0.3) is 0 Å². The maximum atomic E-state index is 11.8. The van der Waals surface area contributed by atoms with Crippen LogP contribution in [-0.4, -0.2) is 35.5 Å². The van der Waals surface area contributed by atoms with E-state index in [9.17, 15) is 9.59 Å². The molecule has 1 aromatic rings. The van der Waals surface area contributed by atoms with Gasteiger partial charge in [-0.2, -0.15) is 0 Å². The zero-order valence-electron chi connectivity index (χ0n) is 11.0. The Bertz CT molecular complexity index is 512. The number of aliphatic carboxylic acids is 1. The lowest BCUT2D eigenvalue weighted by atomic mass is 10.1. The van der Waals surface area contributed by atoms with E-state index in [0.29, 0.717) is 13.2 Å². The van der Waals surface area contributed by atoms with E-state index in [1.165, 1.54) is 11.8 Å². The molecule has 1 atom stereocenters. The Morgan fingerprint density at radius 2 is 2.21 bits per heavy atom. The summed E-state index contributed by atoms with van der Waals surface area (Å²) in [6.45, 7) is 2.50. The monoisotopic (exact) mass is 263 g/mol. The molecule has 0 aliphatic carbocycles. The molecule has 2 rings (SSSR count). The minimum Gasteiger partial charge on any atom is -0.493 e. The molecule has 1 amide bonds. The average molecular weight is 263 g/mol. The molecule has 1 aliphatic rings. The van der Waals surface area contributed by atoms with Crippen LogP contribution >= 0.6 is 0 Å². The van der Waals surface area contributed by atoms with Crippen molar-refractivity contribution in [2.45, 2.75) is 19.9 Å². The van der Waals surface area contributed by atoms with E-state index >= 15 is 0 Å². The lowest BCUT2D eigenvalue weighted by molar-refractivity contribution is -0.149. The topological polar surface area (TPSA) is 66.8 Å². The Hall–Kier alpha value is -2.04. The Balaban J connectivity index is 2.05. The van der Waals surface area contributed by atoms with Crippen LogP contribution in [0.3, 0.4) is 0 Å². The molecule has 0 aromatic heterocycles. The van der Waals surface area contributed by atoms with Crippen LogP contribution in [0.4, 0.5) is 0 Å². The molecule has 1 N–H and O–H groups in total. The van der Waals surface area contributed by atoms with Crippen molar-refractivity contribution in [1.29, 1.82) is 0 Å². The number of ether oxygens (including phenoxy) is 1. The van der Waals surface area contributed by atoms with Gasteiger partial charge in [-0.05, 0) is 24.1 Å². The highest BCUT2D eigenvalue weighted by molar-refractivity contribution is 5.96. The fraction of sp³-hybridized carbons (Fsp3) is 0.429. The van der Waals surface area contributed by atoms with Gasteiger partial charge in [0.2, 0.25) is 5.91 Å². The molecular formula is C14H17NO4. The van der Waals surface area contributed by atoms with E-state index < -0.39 is 11.9 Å². The van der Waals surface area contributed by atoms with Crippen LogP contribution in [0.1, 0.15) is 18.1 Å². The molecular weight excluding hydrogens is 246 g/mol. The van der Waals surface area contributed by atoms with Crippen molar-refractivity contribution in [3.05, 3.63) is 29.3 Å². The summed E-state index contributed by atoms with van der Waals surface area (Å²) < 4.78 is 5.42. The van der Waals surface area contributed by atoms with Crippen molar-refractivity contribution in [2.24, 2.45) is 5.92 Å². The predicted octanol–water partition coefficient (Wildman–Crippen LogP) is 1.30. The summed E-state index contributed by atoms with van der Waals surface area (Å²) in [4.78, 5) is 24.1. The number of benzene rings is 1. The first kappa shape index (κ1) is 13.4. The second kappa shape index (κ2) is 5.30. The van der Waals surface area contributed by atoms with Crippen LogP contribution in [0.25, 0.3) is 0 Å². The van der Waals surface area contributed by atoms with Gasteiger partial charge >= 0.3 is 5.97 Å². The van der Waals surface area contributed by atoms with Crippen LogP contribution < -0.4 is 4.74 Å². The van der Waals surface area contributed by atoms with E-state index in [0.717, 1.165) is 23.3 Å². The molecule has 0 spiro atoms. The standard InChI is InChI=1S/C14H17NO4/c1-9(14(17)18)13(16)15(2)8-10-3-4-12-11(7-10)5-6-19-12/h3-4,7,9H,5-6,8H2,1-2H3,(H,17,18). The molecule has 5 heteroatoms. The number of hydrogen-bond donors (Lipinski definition) is 1. The fourth-order valence-electron chi connectivity index (χ4n) is 2.13. The molecule has 0 radical (unpaired) electrons. The molecule has 1 aliphatic heterocycles. The van der Waals surface area contributed by atoms with Gasteiger partial charge in [0.15, 0.2) is 0 Å². The van der Waals surface area contributed by atoms with Crippen LogP contribution in [0.2, 0.25) is 0 Å². The highest BCUT2D eigenvalue weighted by Crippen LogP contribution is 2.26. The summed E-state index contributed by atoms with van der Waals surface area (Å²) in [7, 11) is 1.62. The smallest absolute Gasteiger partial charge is 0.315 e. The van der Waals surface area contributed by atoms with Crippen LogP contribution in [0.5, 0.6) is 5.75 Å². The summed E-state index contributed by atoms with van der Waals surface area (Å²) in [6.07, 6.45) is 0.881. The molecule has 0 saturated carbocycles. The van der Waals surface area contributed by atoms with E-state index in [-0.39, 0.29) is 5.91 Å².